The van der Waals surface area contributed by atoms with Gasteiger partial charge in [0, 0.05) is 6.07 Å². The summed E-state index contributed by atoms with van der Waals surface area (Å²) >= 11 is 0. The van der Waals surface area contributed by atoms with Crippen LogP contribution in [-0.2, 0) is 6.61 Å². The molecule has 2 aromatic rings. The van der Waals surface area contributed by atoms with Crippen LogP contribution in [-0.4, -0.2) is 16.0 Å². The van der Waals surface area contributed by atoms with Crippen LogP contribution in [0.1, 0.15) is 16.3 Å². The SMILES string of the molecule is O=C(O)c1ccc(COc2c(F)cccc2[N+](=O)[O-])o1. The van der Waals surface area contributed by atoms with Crippen LogP contribution < -0.4 is 4.74 Å². The highest BCUT2D eigenvalue weighted by molar-refractivity contribution is 5.84. The van der Waals surface area contributed by atoms with Crippen molar-refractivity contribution in [3.63, 3.8) is 0 Å². The molecular weight excluding hydrogens is 273 g/mol. The van der Waals surface area contributed by atoms with Crippen LogP contribution in [0.3, 0.4) is 0 Å². The van der Waals surface area contributed by atoms with Crippen molar-refractivity contribution in [2.24, 2.45) is 0 Å². The Morgan fingerprint density at radius 2 is 2.15 bits per heavy atom. The molecular formula is C12H8FNO6. The van der Waals surface area contributed by atoms with E-state index in [1.165, 1.54) is 18.2 Å². The van der Waals surface area contributed by atoms with Crippen LogP contribution in [0.15, 0.2) is 34.7 Å². The van der Waals surface area contributed by atoms with E-state index in [-0.39, 0.29) is 18.1 Å². The van der Waals surface area contributed by atoms with Crippen LogP contribution in [0.25, 0.3) is 0 Å². The van der Waals surface area contributed by atoms with Crippen molar-refractivity contribution < 1.29 is 28.4 Å². The lowest BCUT2D eigenvalue weighted by molar-refractivity contribution is -0.386. The van der Waals surface area contributed by atoms with Gasteiger partial charge in [0.05, 0.1) is 4.92 Å². The molecule has 0 amide bonds. The molecule has 104 valence electrons. The van der Waals surface area contributed by atoms with Crippen LogP contribution >= 0.6 is 0 Å². The van der Waals surface area contributed by atoms with Gasteiger partial charge in [-0.3, -0.25) is 10.1 Å². The maximum absolute atomic E-state index is 13.5. The second-order valence-corrected chi connectivity index (χ2v) is 3.70. The third kappa shape index (κ3) is 2.74. The molecule has 0 atom stereocenters. The molecule has 1 N–H and O–H groups in total. The smallest absolute Gasteiger partial charge is 0.371 e. The Balaban J connectivity index is 2.18. The Bertz CT molecular complexity index is 666. The summed E-state index contributed by atoms with van der Waals surface area (Å²) in [6.45, 7) is -0.324. The van der Waals surface area contributed by atoms with E-state index < -0.39 is 28.1 Å². The van der Waals surface area contributed by atoms with E-state index in [9.17, 15) is 19.3 Å². The van der Waals surface area contributed by atoms with Gasteiger partial charge in [-0.25, -0.2) is 9.18 Å². The summed E-state index contributed by atoms with van der Waals surface area (Å²) in [4.78, 5) is 20.6. The van der Waals surface area contributed by atoms with Crippen molar-refractivity contribution in [3.05, 3.63) is 57.8 Å². The highest BCUT2D eigenvalue weighted by Gasteiger charge is 2.20. The van der Waals surface area contributed by atoms with E-state index in [1.807, 2.05) is 0 Å². The van der Waals surface area contributed by atoms with Gasteiger partial charge in [0.25, 0.3) is 0 Å². The fraction of sp³-hybridized carbons (Fsp3) is 0.0833. The van der Waals surface area contributed by atoms with E-state index in [0.29, 0.717) is 0 Å². The largest absolute Gasteiger partial charge is 0.477 e. The lowest BCUT2D eigenvalue weighted by Crippen LogP contribution is -2.00. The normalized spacial score (nSPS) is 10.2. The number of nitro groups is 1. The first-order valence-corrected chi connectivity index (χ1v) is 5.36. The minimum atomic E-state index is -1.26. The molecule has 0 aliphatic carbocycles. The Morgan fingerprint density at radius 1 is 1.40 bits per heavy atom. The van der Waals surface area contributed by atoms with E-state index in [2.05, 4.69) is 0 Å². The number of nitrogens with zero attached hydrogens (tertiary/aromatic N) is 1. The molecule has 0 saturated carbocycles. The third-order valence-electron chi connectivity index (χ3n) is 2.37. The molecule has 0 radical (unpaired) electrons. The fourth-order valence-corrected chi connectivity index (χ4v) is 1.50. The summed E-state index contributed by atoms with van der Waals surface area (Å²) in [6, 6.07) is 5.85. The van der Waals surface area contributed by atoms with E-state index in [0.717, 1.165) is 12.1 Å². The molecule has 0 bridgehead atoms. The number of halogens is 1. The highest BCUT2D eigenvalue weighted by Crippen LogP contribution is 2.30. The number of furan rings is 1. The zero-order valence-electron chi connectivity index (χ0n) is 9.91. The highest BCUT2D eigenvalue weighted by atomic mass is 19.1. The first-order chi connectivity index (χ1) is 9.49. The summed E-state index contributed by atoms with van der Waals surface area (Å²) in [6.07, 6.45) is 0. The van der Waals surface area contributed by atoms with E-state index >= 15 is 0 Å². The molecule has 20 heavy (non-hydrogen) atoms. The van der Waals surface area contributed by atoms with Gasteiger partial charge < -0.3 is 14.3 Å². The average Bonchev–Trinajstić information content (AvgIpc) is 2.86. The van der Waals surface area contributed by atoms with Crippen molar-refractivity contribution in [2.75, 3.05) is 0 Å². The first kappa shape index (κ1) is 13.5. The monoisotopic (exact) mass is 281 g/mol. The molecule has 7 nitrogen and oxygen atoms in total. The summed E-state index contributed by atoms with van der Waals surface area (Å²) in [5.41, 5.74) is -0.519. The molecule has 2 rings (SSSR count). The second kappa shape index (κ2) is 5.39. The Labute approximate surface area is 111 Å². The molecule has 0 aliphatic heterocycles. The number of nitro benzene ring substituents is 1. The van der Waals surface area contributed by atoms with Crippen molar-refractivity contribution in [1.82, 2.24) is 0 Å². The maximum atomic E-state index is 13.5. The van der Waals surface area contributed by atoms with Crippen molar-refractivity contribution in [2.45, 2.75) is 6.61 Å². The van der Waals surface area contributed by atoms with Crippen LogP contribution in [0.4, 0.5) is 10.1 Å². The minimum Gasteiger partial charge on any atom is -0.477 e. The van der Waals surface area contributed by atoms with Crippen molar-refractivity contribution in [3.8, 4) is 5.75 Å². The predicted octanol–water partition coefficient (Wildman–Crippen LogP) is 2.60. The summed E-state index contributed by atoms with van der Waals surface area (Å²) in [5, 5.41) is 19.4. The van der Waals surface area contributed by atoms with E-state index in [1.54, 1.807) is 0 Å². The molecule has 0 aliphatic rings. The number of carbonyl (C=O) groups is 1. The topological polar surface area (TPSA) is 103 Å². The molecule has 0 spiro atoms. The molecule has 1 heterocycles. The number of carboxylic acid groups (broad SMARTS) is 1. The number of para-hydroxylation sites is 1. The summed E-state index contributed by atoms with van der Waals surface area (Å²) in [7, 11) is 0. The number of hydrogen-bond donors (Lipinski definition) is 1. The van der Waals surface area contributed by atoms with Gasteiger partial charge >= 0.3 is 11.7 Å². The van der Waals surface area contributed by atoms with Gasteiger partial charge in [-0.1, -0.05) is 6.07 Å². The van der Waals surface area contributed by atoms with Gasteiger partial charge in [0.1, 0.15) is 12.4 Å². The lowest BCUT2D eigenvalue weighted by atomic mass is 10.3. The van der Waals surface area contributed by atoms with Gasteiger partial charge in [-0.05, 0) is 18.2 Å². The van der Waals surface area contributed by atoms with Crippen LogP contribution in [0.5, 0.6) is 5.75 Å². The lowest BCUT2D eigenvalue weighted by Gasteiger charge is -2.05. The Morgan fingerprint density at radius 3 is 2.75 bits per heavy atom. The Kier molecular flexibility index (Phi) is 3.65. The van der Waals surface area contributed by atoms with Gasteiger partial charge in [-0.2, -0.15) is 0 Å². The predicted molar refractivity (Wildman–Crippen MR) is 63.1 cm³/mol. The molecule has 1 aromatic heterocycles. The molecule has 0 fully saturated rings. The van der Waals surface area contributed by atoms with Crippen molar-refractivity contribution in [1.29, 1.82) is 0 Å². The number of benzene rings is 1. The molecule has 1 aromatic carbocycles. The van der Waals surface area contributed by atoms with Gasteiger partial charge in [0.15, 0.2) is 5.82 Å². The van der Waals surface area contributed by atoms with Crippen LogP contribution in [0, 0.1) is 15.9 Å². The number of aromatic carboxylic acids is 1. The van der Waals surface area contributed by atoms with E-state index in [4.69, 9.17) is 14.3 Å². The third-order valence-corrected chi connectivity index (χ3v) is 2.37. The van der Waals surface area contributed by atoms with Crippen molar-refractivity contribution >= 4 is 11.7 Å². The molecule has 8 heteroatoms. The summed E-state index contributed by atoms with van der Waals surface area (Å²) in [5.74, 6) is -2.85. The second-order valence-electron chi connectivity index (χ2n) is 3.70. The average molecular weight is 281 g/mol. The minimum absolute atomic E-state index is 0.111. The molecule has 0 unspecified atom stereocenters. The molecule has 0 saturated heterocycles. The maximum Gasteiger partial charge on any atom is 0.371 e. The van der Waals surface area contributed by atoms with Crippen LogP contribution in [0.2, 0.25) is 0 Å². The Hall–Kier alpha value is -2.90. The van der Waals surface area contributed by atoms with Gasteiger partial charge in [0.2, 0.25) is 11.5 Å². The summed E-state index contributed by atoms with van der Waals surface area (Å²) < 4.78 is 23.4. The zero-order chi connectivity index (χ0) is 14.7. The van der Waals surface area contributed by atoms with Gasteiger partial charge in [-0.15, -0.1) is 0 Å². The quantitative estimate of drug-likeness (QED) is 0.667. The fourth-order valence-electron chi connectivity index (χ4n) is 1.50. The zero-order valence-corrected chi connectivity index (χ0v) is 9.91. The number of carboxylic acids is 1. The number of ether oxygens (including phenoxy) is 1. The number of rotatable bonds is 5. The first-order valence-electron chi connectivity index (χ1n) is 5.36. The number of hydrogen-bond acceptors (Lipinski definition) is 5. The standard InChI is InChI=1S/C12H8FNO6/c13-8-2-1-3-9(14(17)18)11(8)19-6-7-4-5-10(20-7)12(15)16/h1-5H,6H2,(H,15,16).